The average molecular weight is 250 g/mol. The highest BCUT2D eigenvalue weighted by Gasteiger charge is 2.16. The summed E-state index contributed by atoms with van der Waals surface area (Å²) in [5.41, 5.74) is 5.80. The Bertz CT molecular complexity index is 569. The molecule has 0 saturated heterocycles. The van der Waals surface area contributed by atoms with Crippen LogP contribution >= 0.6 is 0 Å². The number of hydrogen-bond acceptors (Lipinski definition) is 5. The fraction of sp³-hybridized carbons (Fsp3) is 0.182. The zero-order valence-electron chi connectivity index (χ0n) is 9.63. The first-order chi connectivity index (χ1) is 8.63. The molecule has 7 heteroatoms. The molecule has 0 aliphatic heterocycles. The maximum atomic E-state index is 13.7. The Morgan fingerprint density at radius 2 is 2.33 bits per heavy atom. The topological polar surface area (TPSA) is 83.0 Å². The van der Waals surface area contributed by atoms with Crippen LogP contribution in [0, 0.1) is 5.82 Å². The Hall–Kier alpha value is -2.44. The summed E-state index contributed by atoms with van der Waals surface area (Å²) in [6.07, 6.45) is 2.59. The van der Waals surface area contributed by atoms with E-state index in [1.807, 2.05) is 0 Å². The highest BCUT2D eigenvalue weighted by molar-refractivity contribution is 5.95. The van der Waals surface area contributed by atoms with Crippen molar-refractivity contribution in [3.63, 3.8) is 0 Å². The van der Waals surface area contributed by atoms with E-state index in [1.54, 1.807) is 6.92 Å². The SMILES string of the molecule is CCOC(=O)c1cc(-n2cncn2)c(F)cc1N. The van der Waals surface area contributed by atoms with Crippen LogP contribution in [0.1, 0.15) is 17.3 Å². The number of carbonyl (C=O) groups excluding carboxylic acids is 1. The molecule has 0 bridgehead atoms. The van der Waals surface area contributed by atoms with Gasteiger partial charge in [-0.15, -0.1) is 0 Å². The summed E-state index contributed by atoms with van der Waals surface area (Å²) in [5.74, 6) is -1.19. The van der Waals surface area contributed by atoms with Crippen molar-refractivity contribution in [2.75, 3.05) is 12.3 Å². The maximum absolute atomic E-state index is 13.7. The zero-order valence-corrected chi connectivity index (χ0v) is 9.63. The summed E-state index contributed by atoms with van der Waals surface area (Å²) in [5, 5.41) is 3.80. The molecule has 0 saturated carbocycles. The van der Waals surface area contributed by atoms with Crippen molar-refractivity contribution in [1.29, 1.82) is 0 Å². The molecule has 0 unspecified atom stereocenters. The summed E-state index contributed by atoms with van der Waals surface area (Å²) >= 11 is 0. The third-order valence-corrected chi connectivity index (χ3v) is 2.28. The van der Waals surface area contributed by atoms with Gasteiger partial charge < -0.3 is 10.5 Å². The molecule has 1 aromatic heterocycles. The van der Waals surface area contributed by atoms with Gasteiger partial charge in [0.05, 0.1) is 12.2 Å². The van der Waals surface area contributed by atoms with Gasteiger partial charge in [-0.1, -0.05) is 0 Å². The molecule has 2 rings (SSSR count). The predicted molar refractivity (Wildman–Crippen MR) is 61.7 cm³/mol. The third-order valence-electron chi connectivity index (χ3n) is 2.28. The number of aromatic nitrogens is 3. The van der Waals surface area contributed by atoms with Crippen molar-refractivity contribution in [3.8, 4) is 5.69 Å². The van der Waals surface area contributed by atoms with Crippen LogP contribution in [0.2, 0.25) is 0 Å². The zero-order chi connectivity index (χ0) is 13.1. The summed E-state index contributed by atoms with van der Waals surface area (Å²) in [4.78, 5) is 15.3. The molecule has 0 aliphatic rings. The molecule has 1 heterocycles. The Morgan fingerprint density at radius 1 is 1.56 bits per heavy atom. The Kier molecular flexibility index (Phi) is 3.22. The highest BCUT2D eigenvalue weighted by atomic mass is 19.1. The molecular weight excluding hydrogens is 239 g/mol. The molecule has 2 aromatic rings. The number of anilines is 1. The second-order valence-electron chi connectivity index (χ2n) is 3.45. The van der Waals surface area contributed by atoms with Crippen LogP contribution in [0.15, 0.2) is 24.8 Å². The largest absolute Gasteiger partial charge is 0.462 e. The molecule has 0 amide bonds. The van der Waals surface area contributed by atoms with Crippen molar-refractivity contribution >= 4 is 11.7 Å². The average Bonchev–Trinajstić information content (AvgIpc) is 2.82. The number of benzene rings is 1. The predicted octanol–water partition coefficient (Wildman–Crippen LogP) is 1.17. The first kappa shape index (κ1) is 12.0. The number of nitrogen functional groups attached to an aromatic ring is 1. The fourth-order valence-electron chi connectivity index (χ4n) is 1.47. The summed E-state index contributed by atoms with van der Waals surface area (Å²) in [6, 6.07) is 2.35. The van der Waals surface area contributed by atoms with Crippen molar-refractivity contribution < 1.29 is 13.9 Å². The lowest BCUT2D eigenvalue weighted by atomic mass is 10.1. The molecule has 0 atom stereocenters. The molecular formula is C11H11FN4O2. The molecule has 94 valence electrons. The van der Waals surface area contributed by atoms with Gasteiger partial charge in [-0.25, -0.2) is 18.9 Å². The second-order valence-corrected chi connectivity index (χ2v) is 3.45. The summed E-state index contributed by atoms with van der Waals surface area (Å²) < 4.78 is 19.8. The summed E-state index contributed by atoms with van der Waals surface area (Å²) in [6.45, 7) is 1.89. The van der Waals surface area contributed by atoms with Crippen molar-refractivity contribution in [2.45, 2.75) is 6.92 Å². The highest BCUT2D eigenvalue weighted by Crippen LogP contribution is 2.21. The normalized spacial score (nSPS) is 10.3. The lowest BCUT2D eigenvalue weighted by molar-refractivity contribution is 0.0527. The Balaban J connectivity index is 2.49. The number of nitrogens with zero attached hydrogens (tertiary/aromatic N) is 3. The van der Waals surface area contributed by atoms with E-state index in [4.69, 9.17) is 10.5 Å². The van der Waals surface area contributed by atoms with E-state index >= 15 is 0 Å². The second kappa shape index (κ2) is 4.82. The van der Waals surface area contributed by atoms with Crippen LogP contribution in [0.5, 0.6) is 0 Å². The van der Waals surface area contributed by atoms with Gasteiger partial charge in [-0.3, -0.25) is 0 Å². The smallest absolute Gasteiger partial charge is 0.340 e. The molecule has 18 heavy (non-hydrogen) atoms. The van der Waals surface area contributed by atoms with Crippen molar-refractivity contribution in [1.82, 2.24) is 14.8 Å². The van der Waals surface area contributed by atoms with E-state index in [2.05, 4.69) is 10.1 Å². The minimum absolute atomic E-state index is 0.0230. The number of carbonyl (C=O) groups is 1. The minimum atomic E-state index is -0.601. The van der Waals surface area contributed by atoms with Crippen molar-refractivity contribution in [2.24, 2.45) is 0 Å². The maximum Gasteiger partial charge on any atom is 0.340 e. The number of halogens is 1. The molecule has 6 nitrogen and oxygen atoms in total. The molecule has 0 aliphatic carbocycles. The van der Waals surface area contributed by atoms with Gasteiger partial charge in [0, 0.05) is 5.69 Å². The van der Waals surface area contributed by atoms with Gasteiger partial charge in [0.1, 0.15) is 18.3 Å². The van der Waals surface area contributed by atoms with Crippen LogP contribution in [-0.2, 0) is 4.74 Å². The lowest BCUT2D eigenvalue weighted by Gasteiger charge is -2.09. The summed E-state index contributed by atoms with van der Waals surface area (Å²) in [7, 11) is 0. The van der Waals surface area contributed by atoms with E-state index < -0.39 is 11.8 Å². The van der Waals surface area contributed by atoms with Crippen LogP contribution in [-0.4, -0.2) is 27.3 Å². The standard InChI is InChI=1S/C11H11FN4O2/c1-2-18-11(17)7-3-10(8(12)4-9(7)13)16-6-14-5-15-16/h3-6H,2,13H2,1H3. The van der Waals surface area contributed by atoms with Crippen LogP contribution in [0.25, 0.3) is 5.69 Å². The van der Waals surface area contributed by atoms with Crippen LogP contribution < -0.4 is 5.73 Å². The van der Waals surface area contributed by atoms with Gasteiger partial charge in [0.25, 0.3) is 0 Å². The van der Waals surface area contributed by atoms with E-state index in [0.29, 0.717) is 0 Å². The van der Waals surface area contributed by atoms with Gasteiger partial charge >= 0.3 is 5.97 Å². The van der Waals surface area contributed by atoms with Crippen LogP contribution in [0.3, 0.4) is 0 Å². The third kappa shape index (κ3) is 2.15. The molecule has 2 N–H and O–H groups in total. The van der Waals surface area contributed by atoms with E-state index in [0.717, 1.165) is 6.07 Å². The molecule has 0 radical (unpaired) electrons. The molecule has 1 aromatic carbocycles. The number of nitrogens with two attached hydrogens (primary N) is 1. The van der Waals surface area contributed by atoms with Gasteiger partial charge in [-0.05, 0) is 19.1 Å². The number of ether oxygens (including phenoxy) is 1. The van der Waals surface area contributed by atoms with E-state index in [1.165, 1.54) is 23.4 Å². The van der Waals surface area contributed by atoms with E-state index in [9.17, 15) is 9.18 Å². The van der Waals surface area contributed by atoms with Gasteiger partial charge in [0.15, 0.2) is 5.82 Å². The fourth-order valence-corrected chi connectivity index (χ4v) is 1.47. The molecule has 0 spiro atoms. The first-order valence-electron chi connectivity index (χ1n) is 5.24. The Labute approximate surface area is 102 Å². The Morgan fingerprint density at radius 3 is 2.94 bits per heavy atom. The minimum Gasteiger partial charge on any atom is -0.462 e. The van der Waals surface area contributed by atoms with Crippen molar-refractivity contribution in [3.05, 3.63) is 36.2 Å². The molecule has 0 fully saturated rings. The quantitative estimate of drug-likeness (QED) is 0.653. The number of hydrogen-bond donors (Lipinski definition) is 1. The number of esters is 1. The lowest BCUT2D eigenvalue weighted by Crippen LogP contribution is -2.10. The van der Waals surface area contributed by atoms with E-state index in [-0.39, 0.29) is 23.5 Å². The van der Waals surface area contributed by atoms with Gasteiger partial charge in [-0.2, -0.15) is 5.10 Å². The van der Waals surface area contributed by atoms with Gasteiger partial charge in [0.2, 0.25) is 0 Å². The monoisotopic (exact) mass is 250 g/mol. The van der Waals surface area contributed by atoms with Crippen LogP contribution in [0.4, 0.5) is 10.1 Å². The first-order valence-corrected chi connectivity index (χ1v) is 5.24. The number of rotatable bonds is 3.